The predicted octanol–water partition coefficient (Wildman–Crippen LogP) is 8.33. The Labute approximate surface area is 220 Å². The van der Waals surface area contributed by atoms with Crippen LogP contribution in [-0.4, -0.2) is 51.8 Å². The van der Waals surface area contributed by atoms with E-state index < -0.39 is 25.9 Å². The first-order valence-corrected chi connectivity index (χ1v) is 16.3. The van der Waals surface area contributed by atoms with Gasteiger partial charge in [-0.3, -0.25) is 0 Å². The van der Waals surface area contributed by atoms with Crippen molar-refractivity contribution < 1.29 is 28.8 Å². The molecule has 2 N–H and O–H groups in total. The zero-order chi connectivity index (χ0) is 26.4. The van der Waals surface area contributed by atoms with Crippen molar-refractivity contribution >= 4 is 25.8 Å². The van der Waals surface area contributed by atoms with Gasteiger partial charge in [0.1, 0.15) is 13.2 Å². The highest BCUT2D eigenvalue weighted by Crippen LogP contribution is 2.39. The normalized spacial score (nSPS) is 15.5. The number of aliphatic carboxylic acids is 1. The lowest BCUT2D eigenvalue weighted by molar-refractivity contribution is -0.156. The number of carboxylic acid groups (broad SMARTS) is 1. The van der Waals surface area contributed by atoms with Gasteiger partial charge in [0.25, 0.3) is 0 Å². The van der Waals surface area contributed by atoms with Gasteiger partial charge in [0.05, 0.1) is 6.10 Å². The van der Waals surface area contributed by atoms with Gasteiger partial charge in [0, 0.05) is 5.25 Å². The van der Waals surface area contributed by atoms with Gasteiger partial charge in [-0.05, 0) is 36.5 Å². The minimum atomic E-state index is -2.79. The maximum absolute atomic E-state index is 12.3. The SMILES string of the molecule is CCCCCCCCCCCSC(CCCCCCC)C(C)OCC(O)(C(=O)O)[P+](=O)OCCC. The molecule has 0 amide bonds. The summed E-state index contributed by atoms with van der Waals surface area (Å²) < 4.78 is 23.2. The minimum Gasteiger partial charge on any atom is -0.476 e. The average molecular weight is 538 g/mol. The molecular formula is C27H54O6PS+. The number of carbonyl (C=O) groups is 1. The van der Waals surface area contributed by atoms with Gasteiger partial charge in [0.2, 0.25) is 0 Å². The third-order valence-electron chi connectivity index (χ3n) is 6.30. The van der Waals surface area contributed by atoms with Crippen molar-refractivity contribution in [3.63, 3.8) is 0 Å². The molecule has 0 radical (unpaired) electrons. The van der Waals surface area contributed by atoms with Crippen molar-refractivity contribution in [2.75, 3.05) is 19.0 Å². The fraction of sp³-hybridized carbons (Fsp3) is 0.963. The fourth-order valence-electron chi connectivity index (χ4n) is 3.88. The lowest BCUT2D eigenvalue weighted by Crippen LogP contribution is -2.42. The van der Waals surface area contributed by atoms with Gasteiger partial charge in [-0.25, -0.2) is 4.79 Å². The summed E-state index contributed by atoms with van der Waals surface area (Å²) in [6.45, 7) is 7.82. The van der Waals surface area contributed by atoms with E-state index in [2.05, 4.69) is 13.8 Å². The average Bonchev–Trinajstić information content (AvgIpc) is 2.84. The summed E-state index contributed by atoms with van der Waals surface area (Å²) in [6.07, 6.45) is 19.1. The van der Waals surface area contributed by atoms with E-state index in [0.29, 0.717) is 6.42 Å². The molecule has 0 aliphatic rings. The minimum absolute atomic E-state index is 0.134. The maximum Gasteiger partial charge on any atom is 0.558 e. The summed E-state index contributed by atoms with van der Waals surface area (Å²) in [5.41, 5.74) is 0. The number of ether oxygens (including phenoxy) is 1. The number of carboxylic acids is 1. The fourth-order valence-corrected chi connectivity index (χ4v) is 6.13. The number of hydrogen-bond acceptors (Lipinski definition) is 6. The summed E-state index contributed by atoms with van der Waals surface area (Å²) in [7, 11) is -2.79. The Balaban J connectivity index is 4.62. The van der Waals surface area contributed by atoms with E-state index >= 15 is 0 Å². The molecule has 0 spiro atoms. The van der Waals surface area contributed by atoms with E-state index in [9.17, 15) is 19.6 Å². The van der Waals surface area contributed by atoms with E-state index in [-0.39, 0.29) is 18.0 Å². The highest BCUT2D eigenvalue weighted by molar-refractivity contribution is 7.99. The van der Waals surface area contributed by atoms with Crippen LogP contribution in [0.5, 0.6) is 0 Å². The van der Waals surface area contributed by atoms with Gasteiger partial charge in [0.15, 0.2) is 0 Å². The zero-order valence-corrected chi connectivity index (χ0v) is 24.7. The second-order valence-corrected chi connectivity index (χ2v) is 12.5. The molecule has 0 rings (SSSR count). The number of thioether (sulfide) groups is 1. The summed E-state index contributed by atoms with van der Waals surface area (Å²) in [5.74, 6) is -0.513. The lowest BCUT2D eigenvalue weighted by Gasteiger charge is -2.25. The van der Waals surface area contributed by atoms with Crippen molar-refractivity contribution in [2.45, 2.75) is 147 Å². The monoisotopic (exact) mass is 537 g/mol. The summed E-state index contributed by atoms with van der Waals surface area (Å²) in [6, 6.07) is 0. The molecule has 0 heterocycles. The second-order valence-electron chi connectivity index (χ2n) is 9.67. The Morgan fingerprint density at radius 1 is 0.857 bits per heavy atom. The molecule has 0 bridgehead atoms. The van der Waals surface area contributed by atoms with Crippen molar-refractivity contribution in [3.05, 3.63) is 0 Å². The number of unbranched alkanes of at least 4 members (excludes halogenated alkanes) is 12. The highest BCUT2D eigenvalue weighted by atomic mass is 32.2. The third-order valence-corrected chi connectivity index (χ3v) is 9.21. The third kappa shape index (κ3) is 17.0. The van der Waals surface area contributed by atoms with Crippen LogP contribution in [0.15, 0.2) is 0 Å². The molecule has 0 saturated carbocycles. The van der Waals surface area contributed by atoms with Crippen LogP contribution in [0.2, 0.25) is 0 Å². The van der Waals surface area contributed by atoms with Crippen molar-refractivity contribution in [1.29, 1.82) is 0 Å². The van der Waals surface area contributed by atoms with Gasteiger partial charge in [-0.1, -0.05) is 104 Å². The number of aliphatic hydroxyl groups is 1. The Morgan fingerprint density at radius 2 is 1.37 bits per heavy atom. The van der Waals surface area contributed by atoms with Crippen LogP contribution >= 0.6 is 19.8 Å². The zero-order valence-electron chi connectivity index (χ0n) is 23.0. The van der Waals surface area contributed by atoms with E-state index in [4.69, 9.17) is 9.26 Å². The van der Waals surface area contributed by atoms with Crippen LogP contribution in [0.25, 0.3) is 0 Å². The first-order valence-electron chi connectivity index (χ1n) is 14.1. The molecular weight excluding hydrogens is 483 g/mol. The maximum atomic E-state index is 12.3. The van der Waals surface area contributed by atoms with Crippen molar-refractivity contribution in [3.8, 4) is 0 Å². The van der Waals surface area contributed by atoms with Crippen LogP contribution in [-0.2, 0) is 18.6 Å². The number of hydrogen-bond donors (Lipinski definition) is 2. The first kappa shape index (κ1) is 34.8. The van der Waals surface area contributed by atoms with Crippen LogP contribution in [0.1, 0.15) is 130 Å². The Morgan fingerprint density at radius 3 is 1.89 bits per heavy atom. The summed E-state index contributed by atoms with van der Waals surface area (Å²) >= 11 is 1.89. The molecule has 8 heteroatoms. The Kier molecular flexibility index (Phi) is 22.8. The number of rotatable bonds is 26. The van der Waals surface area contributed by atoms with Gasteiger partial charge in [-0.15, -0.1) is 4.52 Å². The molecule has 0 aliphatic heterocycles. The standard InChI is InChI=1S/C27H53O6PS/c1-5-8-10-12-13-14-15-17-19-22-35-25(20-18-16-11-9-6-2)24(4)32-23-27(30,26(28)29)34(31)33-21-7-3/h24-25,30H,5-23H2,1-4H3/p+1. The summed E-state index contributed by atoms with van der Waals surface area (Å²) in [4.78, 5) is 11.7. The van der Waals surface area contributed by atoms with Gasteiger partial charge < -0.3 is 14.9 Å². The summed E-state index contributed by atoms with van der Waals surface area (Å²) in [5, 5.41) is 17.7. The van der Waals surface area contributed by atoms with Crippen LogP contribution in [0, 0.1) is 0 Å². The van der Waals surface area contributed by atoms with Crippen LogP contribution < -0.4 is 0 Å². The Hall–Kier alpha value is -0.200. The lowest BCUT2D eigenvalue weighted by atomic mass is 10.1. The molecule has 4 atom stereocenters. The van der Waals surface area contributed by atoms with E-state index in [0.717, 1.165) is 18.6 Å². The molecule has 35 heavy (non-hydrogen) atoms. The molecule has 208 valence electrons. The van der Waals surface area contributed by atoms with Crippen LogP contribution in [0.4, 0.5) is 0 Å². The second kappa shape index (κ2) is 23.0. The van der Waals surface area contributed by atoms with Crippen molar-refractivity contribution in [2.24, 2.45) is 0 Å². The highest BCUT2D eigenvalue weighted by Gasteiger charge is 2.58. The van der Waals surface area contributed by atoms with E-state index in [1.165, 1.54) is 83.5 Å². The van der Waals surface area contributed by atoms with E-state index in [1.54, 1.807) is 0 Å². The molecule has 6 nitrogen and oxygen atoms in total. The molecule has 4 unspecified atom stereocenters. The topological polar surface area (TPSA) is 93.1 Å². The van der Waals surface area contributed by atoms with Crippen molar-refractivity contribution in [1.82, 2.24) is 0 Å². The molecule has 0 aromatic heterocycles. The molecule has 0 aliphatic carbocycles. The molecule has 0 fully saturated rings. The first-order chi connectivity index (χ1) is 16.8. The van der Waals surface area contributed by atoms with Crippen LogP contribution in [0.3, 0.4) is 0 Å². The predicted molar refractivity (Wildman–Crippen MR) is 149 cm³/mol. The smallest absolute Gasteiger partial charge is 0.476 e. The molecule has 0 aromatic carbocycles. The quantitative estimate of drug-likeness (QED) is 0.0846. The van der Waals surface area contributed by atoms with E-state index in [1.807, 2.05) is 25.6 Å². The van der Waals surface area contributed by atoms with Gasteiger partial charge >= 0.3 is 19.3 Å². The largest absolute Gasteiger partial charge is 0.558 e. The molecule has 0 aromatic rings. The Bertz CT molecular complexity index is 536. The molecule has 0 saturated heterocycles. The van der Waals surface area contributed by atoms with Gasteiger partial charge in [-0.2, -0.15) is 11.8 Å².